The van der Waals surface area contributed by atoms with Gasteiger partial charge in [-0.25, -0.2) is 0 Å². The highest BCUT2D eigenvalue weighted by atomic mass is 16.2. The van der Waals surface area contributed by atoms with Crippen molar-refractivity contribution in [2.45, 2.75) is 32.2 Å². The second-order valence-electron chi connectivity index (χ2n) is 7.53. The summed E-state index contributed by atoms with van der Waals surface area (Å²) in [5.41, 5.74) is 1.02. The van der Waals surface area contributed by atoms with Gasteiger partial charge in [0.05, 0.1) is 0 Å². The molecule has 1 unspecified atom stereocenters. The Morgan fingerprint density at radius 3 is 2.72 bits per heavy atom. The number of H-pyrrole nitrogens is 1. The van der Waals surface area contributed by atoms with Crippen LogP contribution in [0.25, 0.3) is 10.9 Å². The van der Waals surface area contributed by atoms with Crippen LogP contribution in [0.4, 0.5) is 0 Å². The zero-order chi connectivity index (χ0) is 17.4. The number of amides is 1. The van der Waals surface area contributed by atoms with E-state index < -0.39 is 0 Å². The van der Waals surface area contributed by atoms with Crippen LogP contribution in [-0.2, 0) is 0 Å². The number of aromatic nitrogens is 1. The zero-order valence-corrected chi connectivity index (χ0v) is 14.7. The summed E-state index contributed by atoms with van der Waals surface area (Å²) >= 11 is 0. The molecule has 2 aliphatic rings. The molecule has 2 heterocycles. The molecule has 132 valence electrons. The van der Waals surface area contributed by atoms with Crippen molar-refractivity contribution >= 4 is 16.8 Å². The van der Waals surface area contributed by atoms with Gasteiger partial charge in [0.15, 0.2) is 5.43 Å². The maximum absolute atomic E-state index is 13.0. The van der Waals surface area contributed by atoms with Crippen molar-refractivity contribution in [3.63, 3.8) is 0 Å². The lowest BCUT2D eigenvalue weighted by Crippen LogP contribution is -2.43. The van der Waals surface area contributed by atoms with Gasteiger partial charge in [-0.15, -0.1) is 0 Å². The minimum Gasteiger partial charge on any atom is -0.350 e. The van der Waals surface area contributed by atoms with Crippen molar-refractivity contribution in [3.05, 3.63) is 46.2 Å². The number of carbonyl (C=O) groups is 1. The van der Waals surface area contributed by atoms with Crippen LogP contribution in [0.5, 0.6) is 0 Å². The van der Waals surface area contributed by atoms with Crippen molar-refractivity contribution < 1.29 is 4.79 Å². The second-order valence-corrected chi connectivity index (χ2v) is 7.53. The number of fused-ring (bicyclic) bond motifs is 1. The Labute approximate surface area is 147 Å². The van der Waals surface area contributed by atoms with E-state index in [1.54, 1.807) is 6.07 Å². The fourth-order valence-corrected chi connectivity index (χ4v) is 4.02. The number of hydrogen-bond acceptors (Lipinski definition) is 3. The molecule has 0 bridgehead atoms. The van der Waals surface area contributed by atoms with Crippen molar-refractivity contribution in [3.8, 4) is 0 Å². The summed E-state index contributed by atoms with van der Waals surface area (Å²) in [6.45, 7) is 5.67. The molecular formula is C20H25N3O2. The van der Waals surface area contributed by atoms with E-state index in [2.05, 4.69) is 16.8 Å². The number of pyridine rings is 1. The lowest BCUT2D eigenvalue weighted by Gasteiger charge is -2.37. The molecule has 1 N–H and O–H groups in total. The van der Waals surface area contributed by atoms with Crippen LogP contribution in [-0.4, -0.2) is 52.9 Å². The van der Waals surface area contributed by atoms with Crippen LogP contribution < -0.4 is 5.43 Å². The van der Waals surface area contributed by atoms with E-state index in [0.29, 0.717) is 23.0 Å². The van der Waals surface area contributed by atoms with Crippen molar-refractivity contribution in [1.82, 2.24) is 14.8 Å². The van der Waals surface area contributed by atoms with Crippen molar-refractivity contribution in [1.29, 1.82) is 0 Å². The normalized spacial score (nSPS) is 22.6. The highest BCUT2D eigenvalue weighted by Crippen LogP contribution is 2.26. The Hall–Kier alpha value is -2.14. The maximum atomic E-state index is 13.0. The first kappa shape index (κ1) is 16.3. The number of nitrogens with zero attached hydrogens (tertiary/aromatic N) is 2. The van der Waals surface area contributed by atoms with E-state index >= 15 is 0 Å². The maximum Gasteiger partial charge on any atom is 0.270 e. The summed E-state index contributed by atoms with van der Waals surface area (Å²) in [6, 6.07) is 9.49. The van der Waals surface area contributed by atoms with E-state index in [1.807, 2.05) is 23.1 Å². The summed E-state index contributed by atoms with van der Waals surface area (Å²) in [7, 11) is 0. The SMILES string of the molecule is CC1CN(C(=O)c2cc(=O)c3ccccc3[nH]2)CCN(C2CCC2)C1. The predicted octanol–water partition coefficient (Wildman–Crippen LogP) is 2.47. The number of para-hydroxylation sites is 1. The van der Waals surface area contributed by atoms with Gasteiger partial charge >= 0.3 is 0 Å². The molecule has 1 aromatic heterocycles. The summed E-state index contributed by atoms with van der Waals surface area (Å²) in [4.78, 5) is 32.9. The Morgan fingerprint density at radius 2 is 1.96 bits per heavy atom. The monoisotopic (exact) mass is 339 g/mol. The fraction of sp³-hybridized carbons (Fsp3) is 0.500. The number of nitrogens with one attached hydrogen (secondary N) is 1. The third-order valence-corrected chi connectivity index (χ3v) is 5.58. The second kappa shape index (κ2) is 6.64. The lowest BCUT2D eigenvalue weighted by molar-refractivity contribution is 0.0737. The Morgan fingerprint density at radius 1 is 1.16 bits per heavy atom. The minimum atomic E-state index is -0.100. The number of rotatable bonds is 2. The van der Waals surface area contributed by atoms with Gasteiger partial charge in [0, 0.05) is 49.2 Å². The Kier molecular flexibility index (Phi) is 4.34. The first-order valence-electron chi connectivity index (χ1n) is 9.27. The summed E-state index contributed by atoms with van der Waals surface area (Å²) < 4.78 is 0. The van der Waals surface area contributed by atoms with Crippen LogP contribution in [0.1, 0.15) is 36.7 Å². The first-order chi connectivity index (χ1) is 12.1. The lowest BCUT2D eigenvalue weighted by atomic mass is 9.91. The molecule has 1 saturated carbocycles. The van der Waals surface area contributed by atoms with Gasteiger partial charge in [-0.3, -0.25) is 14.5 Å². The molecule has 1 aliphatic heterocycles. The molecule has 0 radical (unpaired) electrons. The van der Waals surface area contributed by atoms with Gasteiger partial charge in [0.2, 0.25) is 0 Å². The van der Waals surface area contributed by atoms with Crippen molar-refractivity contribution in [2.24, 2.45) is 5.92 Å². The quantitative estimate of drug-likeness (QED) is 0.914. The molecule has 4 rings (SSSR count). The van der Waals surface area contributed by atoms with E-state index in [1.165, 1.54) is 25.3 Å². The smallest absolute Gasteiger partial charge is 0.270 e. The van der Waals surface area contributed by atoms with Gasteiger partial charge in [-0.1, -0.05) is 25.5 Å². The molecule has 5 heteroatoms. The molecule has 25 heavy (non-hydrogen) atoms. The molecule has 0 spiro atoms. The summed E-state index contributed by atoms with van der Waals surface area (Å²) in [6.07, 6.45) is 3.91. The number of carbonyl (C=O) groups excluding carboxylic acids is 1. The van der Waals surface area contributed by atoms with Crippen molar-refractivity contribution in [2.75, 3.05) is 26.2 Å². The van der Waals surface area contributed by atoms with Gasteiger partial charge < -0.3 is 9.88 Å². The standard InChI is InChI=1S/C20H25N3O2/c1-14-12-22(15-5-4-6-15)9-10-23(13-14)20(25)18-11-19(24)16-7-2-3-8-17(16)21-18/h2-3,7-8,11,14-15H,4-6,9-10,12-13H2,1H3,(H,21,24). The largest absolute Gasteiger partial charge is 0.350 e. The average molecular weight is 339 g/mol. The fourth-order valence-electron chi connectivity index (χ4n) is 4.02. The third kappa shape index (κ3) is 3.21. The minimum absolute atomic E-state index is 0.0647. The molecule has 1 aliphatic carbocycles. The van der Waals surface area contributed by atoms with E-state index in [9.17, 15) is 9.59 Å². The molecule has 2 fully saturated rings. The van der Waals surface area contributed by atoms with Gasteiger partial charge in [0.25, 0.3) is 5.91 Å². The van der Waals surface area contributed by atoms with Crippen LogP contribution in [0.15, 0.2) is 35.1 Å². The van der Waals surface area contributed by atoms with Crippen LogP contribution in [0.3, 0.4) is 0 Å². The van der Waals surface area contributed by atoms with Crippen LogP contribution >= 0.6 is 0 Å². The van der Waals surface area contributed by atoms with E-state index in [0.717, 1.165) is 31.7 Å². The highest BCUT2D eigenvalue weighted by molar-refractivity contribution is 5.94. The highest BCUT2D eigenvalue weighted by Gasteiger charge is 2.30. The zero-order valence-electron chi connectivity index (χ0n) is 14.7. The first-order valence-corrected chi connectivity index (χ1v) is 9.27. The van der Waals surface area contributed by atoms with Gasteiger partial charge in [-0.05, 0) is 30.9 Å². The number of hydrogen-bond donors (Lipinski definition) is 1. The molecule has 2 aromatic rings. The molecule has 1 atom stereocenters. The van der Waals surface area contributed by atoms with Crippen LogP contribution in [0, 0.1) is 5.92 Å². The molecular weight excluding hydrogens is 314 g/mol. The third-order valence-electron chi connectivity index (χ3n) is 5.58. The Bertz CT molecular complexity index is 840. The predicted molar refractivity (Wildman–Crippen MR) is 98.8 cm³/mol. The van der Waals surface area contributed by atoms with Crippen LogP contribution in [0.2, 0.25) is 0 Å². The Balaban J connectivity index is 1.56. The van der Waals surface area contributed by atoms with Gasteiger partial charge in [-0.2, -0.15) is 0 Å². The number of benzene rings is 1. The number of aromatic amines is 1. The molecule has 1 aromatic carbocycles. The van der Waals surface area contributed by atoms with E-state index in [-0.39, 0.29) is 11.3 Å². The average Bonchev–Trinajstić information content (AvgIpc) is 2.74. The molecule has 1 amide bonds. The topological polar surface area (TPSA) is 56.4 Å². The molecule has 5 nitrogen and oxygen atoms in total. The van der Waals surface area contributed by atoms with Gasteiger partial charge in [0.1, 0.15) is 5.69 Å². The molecule has 1 saturated heterocycles. The summed E-state index contributed by atoms with van der Waals surface area (Å²) in [5.74, 6) is 0.379. The summed E-state index contributed by atoms with van der Waals surface area (Å²) in [5, 5.41) is 0.624. The van der Waals surface area contributed by atoms with E-state index in [4.69, 9.17) is 0 Å².